The van der Waals surface area contributed by atoms with E-state index in [9.17, 15) is 9.59 Å². The summed E-state index contributed by atoms with van der Waals surface area (Å²) < 4.78 is 16.7. The Morgan fingerprint density at radius 2 is 2.12 bits per heavy atom. The SMILES string of the molecule is Cc1ccc(NC(=O)Cc2csc(NC(=O)c3ccoc3C)n2)c(OCC2CCCO2)c1. The van der Waals surface area contributed by atoms with Crippen molar-refractivity contribution < 1.29 is 23.5 Å². The lowest BCUT2D eigenvalue weighted by atomic mass is 10.2. The summed E-state index contributed by atoms with van der Waals surface area (Å²) in [6.45, 7) is 4.91. The molecule has 2 aromatic heterocycles. The zero-order valence-corrected chi connectivity index (χ0v) is 18.8. The number of anilines is 2. The smallest absolute Gasteiger partial charge is 0.260 e. The number of amides is 2. The number of aryl methyl sites for hydroxylation is 2. The third kappa shape index (κ3) is 5.54. The van der Waals surface area contributed by atoms with E-state index in [2.05, 4.69) is 15.6 Å². The molecular weight excluding hydrogens is 430 g/mol. The lowest BCUT2D eigenvalue weighted by Crippen LogP contribution is -2.19. The van der Waals surface area contributed by atoms with Gasteiger partial charge >= 0.3 is 0 Å². The topological polar surface area (TPSA) is 103 Å². The highest BCUT2D eigenvalue weighted by Crippen LogP contribution is 2.27. The predicted octanol–water partition coefficient (Wildman–Crippen LogP) is 4.34. The van der Waals surface area contributed by atoms with Crippen molar-refractivity contribution in [3.63, 3.8) is 0 Å². The second-order valence-corrected chi connectivity index (χ2v) is 8.52. The average molecular weight is 456 g/mol. The molecule has 4 rings (SSSR count). The van der Waals surface area contributed by atoms with Crippen LogP contribution in [-0.2, 0) is 16.0 Å². The molecule has 0 bridgehead atoms. The van der Waals surface area contributed by atoms with E-state index in [1.807, 2.05) is 25.1 Å². The standard InChI is InChI=1S/C23H25N3O5S/c1-14-5-6-19(20(10-14)31-12-17-4-3-8-30-17)25-21(27)11-16-13-32-23(24-16)26-22(28)18-7-9-29-15(18)2/h5-7,9-10,13,17H,3-4,8,11-12H2,1-2H3,(H,25,27)(H,24,26,28). The molecule has 1 fully saturated rings. The van der Waals surface area contributed by atoms with E-state index in [0.29, 0.717) is 40.2 Å². The van der Waals surface area contributed by atoms with Crippen molar-refractivity contribution in [1.29, 1.82) is 0 Å². The maximum Gasteiger partial charge on any atom is 0.260 e. The first-order chi connectivity index (χ1) is 15.5. The number of hydrogen-bond acceptors (Lipinski definition) is 7. The monoisotopic (exact) mass is 455 g/mol. The van der Waals surface area contributed by atoms with Gasteiger partial charge < -0.3 is 19.2 Å². The van der Waals surface area contributed by atoms with Crippen LogP contribution in [0.4, 0.5) is 10.8 Å². The molecule has 1 saturated heterocycles. The lowest BCUT2D eigenvalue weighted by molar-refractivity contribution is -0.115. The van der Waals surface area contributed by atoms with Crippen molar-refractivity contribution in [2.24, 2.45) is 0 Å². The van der Waals surface area contributed by atoms with Gasteiger partial charge in [0.15, 0.2) is 5.13 Å². The van der Waals surface area contributed by atoms with Crippen molar-refractivity contribution in [3.05, 3.63) is 58.5 Å². The predicted molar refractivity (Wildman–Crippen MR) is 121 cm³/mol. The second-order valence-electron chi connectivity index (χ2n) is 7.66. The average Bonchev–Trinajstić information content (AvgIpc) is 3.51. The van der Waals surface area contributed by atoms with Crippen LogP contribution in [0.5, 0.6) is 5.75 Å². The molecular formula is C23H25N3O5S. The molecule has 0 spiro atoms. The van der Waals surface area contributed by atoms with E-state index in [4.69, 9.17) is 13.9 Å². The van der Waals surface area contributed by atoms with Gasteiger partial charge in [0, 0.05) is 12.0 Å². The molecule has 9 heteroatoms. The zero-order chi connectivity index (χ0) is 22.5. The minimum absolute atomic E-state index is 0.0795. The Morgan fingerprint density at radius 1 is 1.25 bits per heavy atom. The summed E-state index contributed by atoms with van der Waals surface area (Å²) in [4.78, 5) is 29.2. The van der Waals surface area contributed by atoms with Gasteiger partial charge in [0.25, 0.3) is 5.91 Å². The van der Waals surface area contributed by atoms with Gasteiger partial charge in [-0.1, -0.05) is 6.07 Å². The summed E-state index contributed by atoms with van der Waals surface area (Å²) >= 11 is 1.26. The molecule has 1 unspecified atom stereocenters. The Kier molecular flexibility index (Phi) is 6.87. The molecule has 0 saturated carbocycles. The van der Waals surface area contributed by atoms with Crippen molar-refractivity contribution >= 4 is 34.0 Å². The molecule has 3 heterocycles. The molecule has 1 aliphatic heterocycles. The number of ether oxygens (including phenoxy) is 2. The summed E-state index contributed by atoms with van der Waals surface area (Å²) in [5, 5.41) is 7.81. The number of carbonyl (C=O) groups excluding carboxylic acids is 2. The van der Waals surface area contributed by atoms with Crippen molar-refractivity contribution in [2.75, 3.05) is 23.8 Å². The highest BCUT2D eigenvalue weighted by molar-refractivity contribution is 7.14. The molecule has 168 valence electrons. The molecule has 1 aliphatic rings. The summed E-state index contributed by atoms with van der Waals surface area (Å²) in [6.07, 6.45) is 3.66. The van der Waals surface area contributed by atoms with Crippen LogP contribution in [0.2, 0.25) is 0 Å². The third-order valence-corrected chi connectivity index (χ3v) is 5.88. The Bertz CT molecular complexity index is 1100. The van der Waals surface area contributed by atoms with E-state index >= 15 is 0 Å². The number of hydrogen-bond donors (Lipinski definition) is 2. The number of aromatic nitrogens is 1. The van der Waals surface area contributed by atoms with Gasteiger partial charge in [0.05, 0.1) is 35.7 Å². The van der Waals surface area contributed by atoms with Crippen LogP contribution in [0.1, 0.15) is 40.2 Å². The Hall–Kier alpha value is -3.17. The van der Waals surface area contributed by atoms with Crippen molar-refractivity contribution in [2.45, 2.75) is 39.2 Å². The third-order valence-electron chi connectivity index (χ3n) is 5.08. The minimum atomic E-state index is -0.297. The van der Waals surface area contributed by atoms with Gasteiger partial charge in [0.2, 0.25) is 5.91 Å². The lowest BCUT2D eigenvalue weighted by Gasteiger charge is -2.16. The number of rotatable bonds is 8. The molecule has 1 aromatic carbocycles. The van der Waals surface area contributed by atoms with Crippen LogP contribution in [0.15, 0.2) is 40.3 Å². The maximum atomic E-state index is 12.6. The maximum absolute atomic E-state index is 12.6. The van der Waals surface area contributed by atoms with Gasteiger partial charge in [-0.3, -0.25) is 14.9 Å². The Labute approximate surface area is 189 Å². The highest BCUT2D eigenvalue weighted by Gasteiger charge is 2.18. The second kappa shape index (κ2) is 9.97. The fraction of sp³-hybridized carbons (Fsp3) is 0.348. The van der Waals surface area contributed by atoms with Crippen LogP contribution in [0.3, 0.4) is 0 Å². The molecule has 8 nitrogen and oxygen atoms in total. The zero-order valence-electron chi connectivity index (χ0n) is 18.0. The quantitative estimate of drug-likeness (QED) is 0.524. The van der Waals surface area contributed by atoms with Crippen LogP contribution >= 0.6 is 11.3 Å². The number of thiazole rings is 1. The van der Waals surface area contributed by atoms with E-state index < -0.39 is 0 Å². The fourth-order valence-electron chi connectivity index (χ4n) is 3.40. The van der Waals surface area contributed by atoms with E-state index in [1.54, 1.807) is 18.4 Å². The number of carbonyl (C=O) groups is 2. The summed E-state index contributed by atoms with van der Waals surface area (Å²) in [5.74, 6) is 0.642. The molecule has 2 N–H and O–H groups in total. The Balaban J connectivity index is 1.35. The van der Waals surface area contributed by atoms with Gasteiger partial charge in [0.1, 0.15) is 18.1 Å². The van der Waals surface area contributed by atoms with E-state index in [-0.39, 0.29) is 24.3 Å². The van der Waals surface area contributed by atoms with Crippen molar-refractivity contribution in [3.8, 4) is 5.75 Å². The van der Waals surface area contributed by atoms with Crippen LogP contribution in [0, 0.1) is 13.8 Å². The normalized spacial score (nSPS) is 15.5. The summed E-state index contributed by atoms with van der Waals surface area (Å²) in [5.41, 5.74) is 2.67. The first-order valence-corrected chi connectivity index (χ1v) is 11.3. The number of nitrogens with zero attached hydrogens (tertiary/aromatic N) is 1. The summed E-state index contributed by atoms with van der Waals surface area (Å²) in [7, 11) is 0. The molecule has 1 atom stereocenters. The highest BCUT2D eigenvalue weighted by atomic mass is 32.1. The van der Waals surface area contributed by atoms with Crippen LogP contribution < -0.4 is 15.4 Å². The fourth-order valence-corrected chi connectivity index (χ4v) is 4.11. The minimum Gasteiger partial charge on any atom is -0.489 e. The number of furan rings is 1. The van der Waals surface area contributed by atoms with Crippen LogP contribution in [-0.4, -0.2) is 36.1 Å². The molecule has 2 amide bonds. The Morgan fingerprint density at radius 3 is 2.88 bits per heavy atom. The summed E-state index contributed by atoms with van der Waals surface area (Å²) in [6, 6.07) is 7.26. The van der Waals surface area contributed by atoms with Gasteiger partial charge in [-0.2, -0.15) is 0 Å². The molecule has 32 heavy (non-hydrogen) atoms. The number of benzene rings is 1. The largest absolute Gasteiger partial charge is 0.489 e. The molecule has 0 aliphatic carbocycles. The molecule has 0 radical (unpaired) electrons. The van der Waals surface area contributed by atoms with Crippen LogP contribution in [0.25, 0.3) is 0 Å². The number of nitrogens with one attached hydrogen (secondary N) is 2. The van der Waals surface area contributed by atoms with Gasteiger partial charge in [-0.05, 0) is 50.5 Å². The van der Waals surface area contributed by atoms with Gasteiger partial charge in [-0.25, -0.2) is 4.98 Å². The van der Waals surface area contributed by atoms with Gasteiger partial charge in [-0.15, -0.1) is 11.3 Å². The molecule has 3 aromatic rings. The van der Waals surface area contributed by atoms with E-state index in [1.165, 1.54) is 17.6 Å². The van der Waals surface area contributed by atoms with Crippen molar-refractivity contribution in [1.82, 2.24) is 4.98 Å². The van der Waals surface area contributed by atoms with E-state index in [0.717, 1.165) is 25.0 Å². The first kappa shape index (κ1) is 22.0. The first-order valence-electron chi connectivity index (χ1n) is 10.4.